The fraction of sp³-hybridized carbons (Fsp3) is 1.00. The molecule has 15 heavy (non-hydrogen) atoms. The molecule has 2 atom stereocenters. The van der Waals surface area contributed by atoms with Crippen molar-refractivity contribution in [2.75, 3.05) is 37.7 Å². The Labute approximate surface area is 96.2 Å². The van der Waals surface area contributed by atoms with Gasteiger partial charge in [-0.15, -0.1) is 12.4 Å². The molecule has 0 aromatic heterocycles. The van der Waals surface area contributed by atoms with Gasteiger partial charge in [0.15, 0.2) is 9.84 Å². The van der Waals surface area contributed by atoms with E-state index in [2.05, 4.69) is 10.2 Å². The van der Waals surface area contributed by atoms with Gasteiger partial charge < -0.3 is 10.4 Å². The summed E-state index contributed by atoms with van der Waals surface area (Å²) in [5, 5.41) is 12.7. The monoisotopic (exact) mass is 256 g/mol. The highest BCUT2D eigenvalue weighted by Crippen LogP contribution is 2.13. The zero-order chi connectivity index (χ0) is 10.2. The highest BCUT2D eigenvalue weighted by atomic mass is 35.5. The molecule has 5 nitrogen and oxygen atoms in total. The van der Waals surface area contributed by atoms with Gasteiger partial charge in [0.1, 0.15) is 0 Å². The molecular weight excluding hydrogens is 240 g/mol. The Bertz CT molecular complexity index is 295. The highest BCUT2D eigenvalue weighted by molar-refractivity contribution is 7.91. The first-order valence-electron chi connectivity index (χ1n) is 4.92. The van der Waals surface area contributed by atoms with E-state index in [1.807, 2.05) is 0 Å². The van der Waals surface area contributed by atoms with Gasteiger partial charge in [0, 0.05) is 32.2 Å². The van der Waals surface area contributed by atoms with Gasteiger partial charge in [-0.05, 0) is 0 Å². The van der Waals surface area contributed by atoms with Crippen LogP contribution in [-0.4, -0.2) is 68.3 Å². The number of nitrogens with one attached hydrogen (secondary N) is 1. The summed E-state index contributed by atoms with van der Waals surface area (Å²) in [7, 11) is -2.81. The van der Waals surface area contributed by atoms with Gasteiger partial charge in [-0.25, -0.2) is 8.42 Å². The molecule has 0 aliphatic carbocycles. The maximum absolute atomic E-state index is 11.2. The minimum atomic E-state index is -2.81. The molecule has 0 amide bonds. The van der Waals surface area contributed by atoms with E-state index in [9.17, 15) is 13.5 Å². The zero-order valence-electron chi connectivity index (χ0n) is 8.42. The Hall–Kier alpha value is 0.120. The second-order valence-corrected chi connectivity index (χ2v) is 6.28. The van der Waals surface area contributed by atoms with Crippen LogP contribution >= 0.6 is 12.4 Å². The van der Waals surface area contributed by atoms with Crippen molar-refractivity contribution in [1.29, 1.82) is 0 Å². The summed E-state index contributed by atoms with van der Waals surface area (Å²) in [6.07, 6.45) is -0.351. The SMILES string of the molecule is Cl.O=S1(=O)CCN([C@@H]2CNC[C@H]2O)CC1. The third-order valence-electron chi connectivity index (χ3n) is 3.00. The van der Waals surface area contributed by atoms with Gasteiger partial charge in [-0.2, -0.15) is 0 Å². The molecule has 0 unspecified atom stereocenters. The summed E-state index contributed by atoms with van der Waals surface area (Å²) in [4.78, 5) is 2.08. The maximum atomic E-state index is 11.2. The van der Waals surface area contributed by atoms with Gasteiger partial charge in [0.05, 0.1) is 17.6 Å². The molecule has 0 bridgehead atoms. The van der Waals surface area contributed by atoms with Gasteiger partial charge in [0.25, 0.3) is 0 Å². The highest BCUT2D eigenvalue weighted by Gasteiger charge is 2.33. The first-order chi connectivity index (χ1) is 6.58. The Morgan fingerprint density at radius 1 is 1.20 bits per heavy atom. The van der Waals surface area contributed by atoms with Crippen LogP contribution < -0.4 is 5.32 Å². The molecular formula is C8H17ClN2O3S. The number of aliphatic hydroxyl groups excluding tert-OH is 1. The Morgan fingerprint density at radius 3 is 2.27 bits per heavy atom. The van der Waals surface area contributed by atoms with Crippen LogP contribution in [0.1, 0.15) is 0 Å². The molecule has 0 aromatic rings. The summed E-state index contributed by atoms with van der Waals surface area (Å²) in [6.45, 7) is 2.51. The first-order valence-corrected chi connectivity index (χ1v) is 6.74. The average Bonchev–Trinajstić information content (AvgIpc) is 2.52. The number of halogens is 1. The molecule has 2 heterocycles. The summed E-state index contributed by atoms with van der Waals surface area (Å²) >= 11 is 0. The fourth-order valence-electron chi connectivity index (χ4n) is 2.08. The van der Waals surface area contributed by atoms with Crippen LogP contribution in [0, 0.1) is 0 Å². The van der Waals surface area contributed by atoms with Crippen LogP contribution in [0.3, 0.4) is 0 Å². The van der Waals surface area contributed by atoms with Crippen molar-refractivity contribution in [2.24, 2.45) is 0 Å². The molecule has 0 spiro atoms. The quantitative estimate of drug-likeness (QED) is 0.596. The molecule has 0 radical (unpaired) electrons. The summed E-state index contributed by atoms with van der Waals surface area (Å²) in [6, 6.07) is 0.102. The lowest BCUT2D eigenvalue weighted by atomic mass is 10.2. The lowest BCUT2D eigenvalue weighted by molar-refractivity contribution is 0.0886. The summed E-state index contributed by atoms with van der Waals surface area (Å²) in [5.74, 6) is 0.465. The predicted octanol–water partition coefficient (Wildman–Crippen LogP) is -1.53. The Morgan fingerprint density at radius 2 is 1.80 bits per heavy atom. The van der Waals surface area contributed by atoms with Gasteiger partial charge in [-0.3, -0.25) is 4.90 Å². The lowest BCUT2D eigenvalue weighted by Gasteiger charge is -2.33. The molecule has 2 aliphatic rings. The topological polar surface area (TPSA) is 69.6 Å². The Balaban J connectivity index is 0.00000112. The maximum Gasteiger partial charge on any atom is 0.152 e. The van der Waals surface area contributed by atoms with Gasteiger partial charge in [-0.1, -0.05) is 0 Å². The second kappa shape index (κ2) is 4.97. The normalized spacial score (nSPS) is 36.1. The van der Waals surface area contributed by atoms with E-state index >= 15 is 0 Å². The third kappa shape index (κ3) is 3.04. The van der Waals surface area contributed by atoms with Crippen molar-refractivity contribution in [3.05, 3.63) is 0 Å². The molecule has 2 N–H and O–H groups in total. The van der Waals surface area contributed by atoms with Crippen LogP contribution in [0.25, 0.3) is 0 Å². The molecule has 2 saturated heterocycles. The van der Waals surface area contributed by atoms with Crippen LogP contribution in [0.4, 0.5) is 0 Å². The summed E-state index contributed by atoms with van der Waals surface area (Å²) in [5.41, 5.74) is 0. The van der Waals surface area contributed by atoms with Gasteiger partial charge in [0.2, 0.25) is 0 Å². The molecule has 2 fully saturated rings. The molecule has 2 rings (SSSR count). The number of hydrogen-bond acceptors (Lipinski definition) is 5. The number of rotatable bonds is 1. The van der Waals surface area contributed by atoms with E-state index in [4.69, 9.17) is 0 Å². The van der Waals surface area contributed by atoms with E-state index < -0.39 is 9.84 Å². The average molecular weight is 257 g/mol. The van der Waals surface area contributed by atoms with Crippen LogP contribution in [0.15, 0.2) is 0 Å². The number of nitrogens with zero attached hydrogens (tertiary/aromatic N) is 1. The van der Waals surface area contributed by atoms with Crippen LogP contribution in [0.5, 0.6) is 0 Å². The van der Waals surface area contributed by atoms with Gasteiger partial charge >= 0.3 is 0 Å². The predicted molar refractivity (Wildman–Crippen MR) is 60.1 cm³/mol. The molecule has 0 saturated carbocycles. The van der Waals surface area contributed by atoms with Crippen LogP contribution in [-0.2, 0) is 9.84 Å². The molecule has 90 valence electrons. The largest absolute Gasteiger partial charge is 0.390 e. The number of β-amino-alcohol motifs (C(OH)–C–C–N with tert-alkyl or cyclic N) is 1. The standard InChI is InChI=1S/C8H16N2O3S.ClH/c11-8-6-9-5-7(8)10-1-3-14(12,13)4-2-10;/h7-9,11H,1-6H2;1H/t7-,8-;/m1./s1. The fourth-order valence-corrected chi connectivity index (χ4v) is 3.31. The molecule has 0 aromatic carbocycles. The van der Waals surface area contributed by atoms with Crippen molar-refractivity contribution in [1.82, 2.24) is 10.2 Å². The van der Waals surface area contributed by atoms with Crippen LogP contribution in [0.2, 0.25) is 0 Å². The van der Waals surface area contributed by atoms with Crippen molar-refractivity contribution in [2.45, 2.75) is 12.1 Å². The number of sulfone groups is 1. The van der Waals surface area contributed by atoms with E-state index in [0.29, 0.717) is 19.6 Å². The van der Waals surface area contributed by atoms with E-state index in [1.165, 1.54) is 0 Å². The minimum absolute atomic E-state index is 0. The third-order valence-corrected chi connectivity index (χ3v) is 4.61. The minimum Gasteiger partial charge on any atom is -0.390 e. The van der Waals surface area contributed by atoms with Crippen molar-refractivity contribution >= 4 is 22.2 Å². The van der Waals surface area contributed by atoms with Crippen molar-refractivity contribution < 1.29 is 13.5 Å². The smallest absolute Gasteiger partial charge is 0.152 e. The van der Waals surface area contributed by atoms with E-state index in [0.717, 1.165) is 6.54 Å². The summed E-state index contributed by atoms with van der Waals surface area (Å²) < 4.78 is 22.4. The molecule has 2 aliphatic heterocycles. The Kier molecular flexibility index (Phi) is 4.37. The van der Waals surface area contributed by atoms with E-state index in [1.54, 1.807) is 0 Å². The number of hydrogen-bond donors (Lipinski definition) is 2. The lowest BCUT2D eigenvalue weighted by Crippen LogP contribution is -2.50. The number of aliphatic hydroxyl groups is 1. The van der Waals surface area contributed by atoms with Crippen molar-refractivity contribution in [3.63, 3.8) is 0 Å². The zero-order valence-corrected chi connectivity index (χ0v) is 10.1. The van der Waals surface area contributed by atoms with E-state index in [-0.39, 0.29) is 36.1 Å². The first kappa shape index (κ1) is 13.2. The second-order valence-electron chi connectivity index (χ2n) is 3.98. The van der Waals surface area contributed by atoms with Crippen molar-refractivity contribution in [3.8, 4) is 0 Å². The molecule has 7 heteroatoms.